The molecule has 11 nitrogen and oxygen atoms in total. The van der Waals surface area contributed by atoms with E-state index in [-0.39, 0.29) is 60.3 Å². The van der Waals surface area contributed by atoms with E-state index < -0.39 is 16.6 Å². The molecule has 5 N–H and O–H groups in total. The van der Waals surface area contributed by atoms with E-state index in [1.54, 1.807) is 12.1 Å². The number of rotatable bonds is 12. The average molecular weight is 953 g/mol. The van der Waals surface area contributed by atoms with Crippen LogP contribution in [0.2, 0.25) is 0 Å². The number of hydrogen-bond acceptors (Lipinski definition) is 10. The summed E-state index contributed by atoms with van der Waals surface area (Å²) in [6.07, 6.45) is 10.3. The molecule has 2 aliphatic carbocycles. The largest absolute Gasteiger partial charge is 0.508 e. The zero-order valence-corrected chi connectivity index (χ0v) is 39.8. The third kappa shape index (κ3) is 19.4. The van der Waals surface area contributed by atoms with E-state index in [1.165, 1.54) is 12.8 Å². The summed E-state index contributed by atoms with van der Waals surface area (Å²) in [7, 11) is 8.17. The summed E-state index contributed by atoms with van der Waals surface area (Å²) >= 11 is 2.00. The van der Waals surface area contributed by atoms with Crippen molar-refractivity contribution in [3.63, 3.8) is 0 Å². The van der Waals surface area contributed by atoms with Crippen molar-refractivity contribution >= 4 is 34.5 Å². The maximum atomic E-state index is 11.8. The minimum Gasteiger partial charge on any atom is -0.508 e. The molecule has 0 bridgehead atoms. The summed E-state index contributed by atoms with van der Waals surface area (Å²) in [5.41, 5.74) is 6.35. The van der Waals surface area contributed by atoms with Gasteiger partial charge in [-0.05, 0) is 153 Å². The van der Waals surface area contributed by atoms with Crippen LogP contribution in [0.25, 0.3) is 0 Å². The van der Waals surface area contributed by atoms with E-state index in [9.17, 15) is 24.9 Å². The van der Waals surface area contributed by atoms with Crippen molar-refractivity contribution in [2.45, 2.75) is 129 Å². The molecule has 0 aliphatic heterocycles. The molecule has 0 aromatic heterocycles. The van der Waals surface area contributed by atoms with Gasteiger partial charge >= 0.3 is 11.9 Å². The molecule has 57 heavy (non-hydrogen) atoms. The Kier molecular flexibility index (Phi) is 23.9. The Morgan fingerprint density at radius 2 is 1.05 bits per heavy atom. The molecule has 2 fully saturated rings. The molecule has 2 unspecified atom stereocenters. The Hall–Kier alpha value is -1.91. The molecule has 4 rings (SSSR count). The molecule has 0 saturated heterocycles. The van der Waals surface area contributed by atoms with Crippen molar-refractivity contribution in [2.24, 2.45) is 10.8 Å². The van der Waals surface area contributed by atoms with E-state index in [0.717, 1.165) is 75.6 Å². The molecule has 13 heteroatoms. The van der Waals surface area contributed by atoms with E-state index in [0.29, 0.717) is 10.4 Å². The van der Waals surface area contributed by atoms with Gasteiger partial charge in [-0.25, -0.2) is 0 Å². The zero-order valence-electron chi connectivity index (χ0n) is 37.2. The fourth-order valence-electron chi connectivity index (χ4n) is 7.06. The Labute approximate surface area is 370 Å². The molecule has 325 valence electrons. The summed E-state index contributed by atoms with van der Waals surface area (Å²) in [5, 5.41) is 31.7. The van der Waals surface area contributed by atoms with E-state index >= 15 is 0 Å². The number of benzene rings is 2. The second-order valence-electron chi connectivity index (χ2n) is 17.9. The minimum atomic E-state index is -0.646. The first-order valence-corrected chi connectivity index (χ1v) is 21.3. The number of aromatic hydroxyl groups is 1. The summed E-state index contributed by atoms with van der Waals surface area (Å²) in [5.74, 6) is 0.688. The molecule has 1 radical (unpaired) electrons. The second kappa shape index (κ2) is 25.7. The number of likely N-dealkylation sites (N-methyl/N-ethyl adjacent to an activating group) is 2. The number of nitrogens with zero attached hydrogens (tertiary/aromatic N) is 2. The summed E-state index contributed by atoms with van der Waals surface area (Å²) in [4.78, 5) is 26.9. The van der Waals surface area contributed by atoms with Crippen LogP contribution in [0.4, 0.5) is 0 Å². The number of carbonyl (C=O) groups is 2. The number of hydrogen-bond donors (Lipinski definition) is 3. The first-order chi connectivity index (χ1) is 26.6. The number of phenols is 1. The van der Waals surface area contributed by atoms with Crippen molar-refractivity contribution in [3.8, 4) is 11.5 Å². The zero-order chi connectivity index (χ0) is 43.5. The van der Waals surface area contributed by atoms with Crippen LogP contribution in [0.5, 0.6) is 11.5 Å². The number of alkyl halides is 1. The van der Waals surface area contributed by atoms with Gasteiger partial charge in [0.15, 0.2) is 0 Å². The molecular formula is C44H73IN2O9V. The van der Waals surface area contributed by atoms with Crippen molar-refractivity contribution < 1.29 is 64.6 Å². The van der Waals surface area contributed by atoms with Crippen LogP contribution in [0.15, 0.2) is 48.5 Å². The van der Waals surface area contributed by atoms with Crippen molar-refractivity contribution in [3.05, 3.63) is 59.7 Å². The maximum absolute atomic E-state index is 11.8. The molecule has 0 amide bonds. The normalized spacial score (nSPS) is 17.3. The third-order valence-corrected chi connectivity index (χ3v) is 10.5. The molecule has 2 saturated carbocycles. The van der Waals surface area contributed by atoms with Crippen molar-refractivity contribution in [1.82, 2.24) is 9.80 Å². The van der Waals surface area contributed by atoms with Gasteiger partial charge < -0.3 is 44.8 Å². The van der Waals surface area contributed by atoms with Crippen molar-refractivity contribution in [2.75, 3.05) is 52.7 Å². The molecule has 2 aromatic rings. The van der Waals surface area contributed by atoms with Gasteiger partial charge in [0, 0.05) is 43.5 Å². The van der Waals surface area contributed by atoms with Crippen LogP contribution >= 0.6 is 22.6 Å². The van der Waals surface area contributed by atoms with E-state index in [1.807, 2.05) is 129 Å². The molecular weight excluding hydrogens is 878 g/mol. The third-order valence-electron chi connectivity index (χ3n) is 10.2. The minimum absolute atomic E-state index is 0. The molecule has 2 aliphatic rings. The van der Waals surface area contributed by atoms with Gasteiger partial charge in [0.2, 0.25) is 8.22 Å². The van der Waals surface area contributed by atoms with Crippen LogP contribution in [0, 0.1) is 10.8 Å². The number of carbonyl (C=O) groups excluding carboxylic acids is 2. The van der Waals surface area contributed by atoms with Crippen LogP contribution in [-0.2, 0) is 37.6 Å². The van der Waals surface area contributed by atoms with Gasteiger partial charge in [-0.1, -0.05) is 62.8 Å². The molecule has 0 spiro atoms. The SMILES string of the molecule is CC(C)(C)C(=O)OCI.CN(C)CC(c1ccc(O)cc1)C1(O)CCCCC1.CN(C)CC(c1ccc(OCOC(=O)C(C)(C)C)cc1)C1(O)CCCCC1.[2H]O.[V]. The van der Waals surface area contributed by atoms with Crippen LogP contribution in [0.3, 0.4) is 0 Å². The predicted molar refractivity (Wildman–Crippen MR) is 232 cm³/mol. The first-order valence-electron chi connectivity index (χ1n) is 20.2. The summed E-state index contributed by atoms with van der Waals surface area (Å²) in [6, 6.07) is 15.1. The Balaban J connectivity index is 0.000000910. The van der Waals surface area contributed by atoms with Gasteiger partial charge in [0.25, 0.3) is 0 Å². The van der Waals surface area contributed by atoms with Gasteiger partial charge in [-0.2, -0.15) is 0 Å². The van der Waals surface area contributed by atoms with Crippen molar-refractivity contribution in [1.29, 1.82) is 0 Å². The summed E-state index contributed by atoms with van der Waals surface area (Å²) in [6.45, 7) is 12.5. The Bertz CT molecular complexity index is 1420. The number of esters is 2. The fraction of sp³-hybridized carbons (Fsp3) is 0.682. The predicted octanol–water partition coefficient (Wildman–Crippen LogP) is 7.83. The Morgan fingerprint density at radius 3 is 1.37 bits per heavy atom. The molecule has 2 aromatic carbocycles. The van der Waals surface area contributed by atoms with Gasteiger partial charge in [0.05, 0.1) is 22.0 Å². The van der Waals surface area contributed by atoms with Crippen LogP contribution in [0.1, 0.15) is 130 Å². The van der Waals surface area contributed by atoms with Crippen LogP contribution < -0.4 is 4.74 Å². The number of halogens is 1. The Morgan fingerprint density at radius 1 is 0.702 bits per heavy atom. The van der Waals surface area contributed by atoms with E-state index in [2.05, 4.69) is 9.80 Å². The average Bonchev–Trinajstić information content (AvgIpc) is 3.15. The van der Waals surface area contributed by atoms with Crippen LogP contribution in [-0.4, -0.2) is 106 Å². The quantitative estimate of drug-likeness (QED) is 0.0829. The standard InChI is InChI=1S/C22H35NO4.C16H25NO2.C6H11IO2.H2O.V/c1-21(2,3)20(24)27-16-26-18-11-9-17(10-12-18)19(15-23(4)5)22(25)13-7-6-8-14-22;1-17(2)12-15(13-6-8-14(18)9-7-13)16(19)10-4-3-5-11-16;1-6(2,3)5(8)9-4-7;;/h9-12,19,25H,6-8,13-16H2,1-5H3;6-9,15,18-19H,3-5,10-12H2,1-2H3;4H2,1-3H3;1H2;/i/hD. The van der Waals surface area contributed by atoms with E-state index in [4.69, 9.17) is 21.1 Å². The smallest absolute Gasteiger partial charge is 0.314 e. The second-order valence-corrected chi connectivity index (χ2v) is 18.5. The topological polar surface area (TPSA) is 160 Å². The first kappa shape index (κ1) is 53.1. The van der Waals surface area contributed by atoms with Gasteiger partial charge in [-0.3, -0.25) is 9.59 Å². The molecule has 2 atom stereocenters. The van der Waals surface area contributed by atoms with Gasteiger partial charge in [-0.15, -0.1) is 0 Å². The molecule has 0 heterocycles. The van der Waals surface area contributed by atoms with Gasteiger partial charge in [0.1, 0.15) is 16.1 Å². The summed E-state index contributed by atoms with van der Waals surface area (Å²) < 4.78 is 20.6. The monoisotopic (exact) mass is 952 g/mol. The number of aliphatic hydroxyl groups is 2. The number of ether oxygens (including phenoxy) is 3. The fourth-order valence-corrected chi connectivity index (χ4v) is 7.35. The number of phenolic OH excluding ortho intramolecular Hbond substituents is 1. The maximum Gasteiger partial charge on any atom is 0.314 e.